The van der Waals surface area contributed by atoms with Crippen LogP contribution in [-0.2, 0) is 0 Å². The SMILES string of the molecule is C(=C/c1ccc2ccc3cccc4ccc1c2c34)/CCC/C=C\c1ccc2ccc3cccc4ccc1c2c34. The lowest BCUT2D eigenvalue weighted by atomic mass is 9.92. The molecule has 8 aromatic rings. The van der Waals surface area contributed by atoms with E-state index in [1.165, 1.54) is 75.8 Å². The lowest BCUT2D eigenvalue weighted by Gasteiger charge is -2.12. The van der Waals surface area contributed by atoms with Gasteiger partial charge in [0.2, 0.25) is 0 Å². The fourth-order valence-corrected chi connectivity index (χ4v) is 6.58. The molecular weight excluding hydrogens is 468 g/mol. The molecule has 0 N–H and O–H groups in total. The van der Waals surface area contributed by atoms with Gasteiger partial charge in [-0.2, -0.15) is 0 Å². The van der Waals surface area contributed by atoms with Crippen LogP contribution in [0.2, 0.25) is 0 Å². The lowest BCUT2D eigenvalue weighted by molar-refractivity contribution is 0.873. The quantitative estimate of drug-likeness (QED) is 0.159. The van der Waals surface area contributed by atoms with Crippen LogP contribution < -0.4 is 0 Å². The Labute approximate surface area is 228 Å². The highest BCUT2D eigenvalue weighted by molar-refractivity contribution is 6.25. The van der Waals surface area contributed by atoms with Gasteiger partial charge in [0.15, 0.2) is 0 Å². The molecule has 0 heteroatoms. The maximum absolute atomic E-state index is 2.34. The lowest BCUT2D eigenvalue weighted by Crippen LogP contribution is -1.86. The summed E-state index contributed by atoms with van der Waals surface area (Å²) in [7, 11) is 0. The molecule has 0 spiro atoms. The van der Waals surface area contributed by atoms with Gasteiger partial charge in [-0.1, -0.05) is 133 Å². The molecule has 0 aliphatic rings. The molecule has 8 rings (SSSR count). The number of hydrogen-bond acceptors (Lipinski definition) is 0. The summed E-state index contributed by atoms with van der Waals surface area (Å²) in [5.41, 5.74) is 2.62. The van der Waals surface area contributed by atoms with Crippen molar-refractivity contribution >= 4 is 76.8 Å². The number of benzene rings is 8. The zero-order valence-electron chi connectivity index (χ0n) is 21.8. The maximum Gasteiger partial charge on any atom is -0.00208 e. The molecule has 0 nitrogen and oxygen atoms in total. The van der Waals surface area contributed by atoms with Crippen molar-refractivity contribution in [3.8, 4) is 0 Å². The third kappa shape index (κ3) is 3.60. The number of allylic oxidation sites excluding steroid dienone is 2. The van der Waals surface area contributed by atoms with Crippen LogP contribution in [0.1, 0.15) is 30.4 Å². The minimum atomic E-state index is 1.07. The van der Waals surface area contributed by atoms with E-state index in [0.717, 1.165) is 19.3 Å². The van der Waals surface area contributed by atoms with Gasteiger partial charge in [0.1, 0.15) is 0 Å². The normalized spacial score (nSPS) is 12.7. The molecule has 0 aromatic heterocycles. The van der Waals surface area contributed by atoms with Gasteiger partial charge in [0, 0.05) is 0 Å². The molecule has 39 heavy (non-hydrogen) atoms. The molecule has 0 aliphatic carbocycles. The van der Waals surface area contributed by atoms with Gasteiger partial charge >= 0.3 is 0 Å². The third-order valence-electron chi connectivity index (χ3n) is 8.46. The van der Waals surface area contributed by atoms with Crippen molar-refractivity contribution in [3.63, 3.8) is 0 Å². The monoisotopic (exact) mass is 496 g/mol. The van der Waals surface area contributed by atoms with E-state index >= 15 is 0 Å². The van der Waals surface area contributed by atoms with Gasteiger partial charge in [0.05, 0.1) is 0 Å². The summed E-state index contributed by atoms with van der Waals surface area (Å²) in [5.74, 6) is 0. The molecule has 0 saturated heterocycles. The molecular formula is C39H28. The first-order valence-electron chi connectivity index (χ1n) is 14.0. The summed E-state index contributed by atoms with van der Waals surface area (Å²) in [5, 5.41) is 16.2. The minimum Gasteiger partial charge on any atom is -0.0839 e. The molecule has 0 atom stereocenters. The largest absolute Gasteiger partial charge is 0.0839 e. The van der Waals surface area contributed by atoms with Gasteiger partial charge < -0.3 is 0 Å². The molecule has 0 radical (unpaired) electrons. The molecule has 0 heterocycles. The van der Waals surface area contributed by atoms with Gasteiger partial charge in [-0.25, -0.2) is 0 Å². The number of hydrogen-bond donors (Lipinski definition) is 0. The summed E-state index contributed by atoms with van der Waals surface area (Å²) in [4.78, 5) is 0. The Morgan fingerprint density at radius 1 is 0.359 bits per heavy atom. The predicted octanol–water partition coefficient (Wildman–Crippen LogP) is 11.4. The smallest absolute Gasteiger partial charge is 0.00208 e. The number of unbranched alkanes of at least 4 members (excludes halogenated alkanes) is 2. The molecule has 0 unspecified atom stereocenters. The topological polar surface area (TPSA) is 0 Å². The van der Waals surface area contributed by atoms with Crippen LogP contribution in [0.15, 0.2) is 121 Å². The molecule has 0 fully saturated rings. The van der Waals surface area contributed by atoms with Gasteiger partial charge in [-0.3, -0.25) is 0 Å². The molecule has 0 amide bonds. The van der Waals surface area contributed by atoms with Crippen LogP contribution in [0.5, 0.6) is 0 Å². The summed E-state index contributed by atoms with van der Waals surface area (Å²) in [6.07, 6.45) is 12.6. The Morgan fingerprint density at radius 2 is 0.718 bits per heavy atom. The summed E-state index contributed by atoms with van der Waals surface area (Å²) >= 11 is 0. The van der Waals surface area contributed by atoms with Gasteiger partial charge in [-0.15, -0.1) is 0 Å². The molecule has 8 aromatic carbocycles. The van der Waals surface area contributed by atoms with E-state index < -0.39 is 0 Å². The first-order chi connectivity index (χ1) is 19.3. The first kappa shape index (κ1) is 22.3. The zero-order chi connectivity index (χ0) is 25.8. The maximum atomic E-state index is 2.34. The molecule has 184 valence electrons. The van der Waals surface area contributed by atoms with Crippen LogP contribution in [0, 0.1) is 0 Å². The first-order valence-corrected chi connectivity index (χ1v) is 14.0. The molecule has 0 bridgehead atoms. The highest BCUT2D eigenvalue weighted by atomic mass is 14.1. The minimum absolute atomic E-state index is 1.07. The van der Waals surface area contributed by atoms with E-state index in [-0.39, 0.29) is 0 Å². The Hall–Kier alpha value is -4.68. The van der Waals surface area contributed by atoms with Crippen LogP contribution in [0.4, 0.5) is 0 Å². The Morgan fingerprint density at radius 3 is 1.15 bits per heavy atom. The van der Waals surface area contributed by atoms with Gasteiger partial charge in [0.25, 0.3) is 0 Å². The van der Waals surface area contributed by atoms with Crippen molar-refractivity contribution in [2.45, 2.75) is 19.3 Å². The van der Waals surface area contributed by atoms with E-state index in [9.17, 15) is 0 Å². The van der Waals surface area contributed by atoms with E-state index in [1.807, 2.05) is 0 Å². The van der Waals surface area contributed by atoms with Crippen LogP contribution in [0.3, 0.4) is 0 Å². The van der Waals surface area contributed by atoms with Crippen LogP contribution in [-0.4, -0.2) is 0 Å². The van der Waals surface area contributed by atoms with Crippen LogP contribution >= 0.6 is 0 Å². The van der Waals surface area contributed by atoms with Crippen molar-refractivity contribution in [1.29, 1.82) is 0 Å². The van der Waals surface area contributed by atoms with Crippen molar-refractivity contribution in [1.82, 2.24) is 0 Å². The van der Waals surface area contributed by atoms with Crippen LogP contribution in [0.25, 0.3) is 76.8 Å². The van der Waals surface area contributed by atoms with E-state index in [2.05, 4.69) is 133 Å². The van der Waals surface area contributed by atoms with Crippen molar-refractivity contribution < 1.29 is 0 Å². The third-order valence-corrected chi connectivity index (χ3v) is 8.46. The standard InChI is InChI=1S/C39H28/c1(2-4-8-26-14-16-32-20-18-28-10-6-12-30-22-24-34(26)38(32)36(28)30)3-5-9-27-15-17-33-21-19-29-11-7-13-31-23-25-35(27)39(33)37(29)31/h4-25H,1-3H2/b8-4-,9-5-. The zero-order valence-corrected chi connectivity index (χ0v) is 21.8. The van der Waals surface area contributed by atoms with E-state index in [4.69, 9.17) is 0 Å². The molecule has 0 aliphatic heterocycles. The highest BCUT2D eigenvalue weighted by Gasteiger charge is 2.10. The average Bonchev–Trinajstić information content (AvgIpc) is 2.99. The van der Waals surface area contributed by atoms with Crippen molar-refractivity contribution in [3.05, 3.63) is 132 Å². The fourth-order valence-electron chi connectivity index (χ4n) is 6.58. The highest BCUT2D eigenvalue weighted by Crippen LogP contribution is 2.37. The Bertz CT molecular complexity index is 2000. The Balaban J connectivity index is 1.01. The number of rotatable bonds is 6. The summed E-state index contributed by atoms with van der Waals surface area (Å²) in [6, 6.07) is 40.4. The molecule has 0 saturated carbocycles. The second-order valence-electron chi connectivity index (χ2n) is 10.8. The van der Waals surface area contributed by atoms with Crippen molar-refractivity contribution in [2.75, 3.05) is 0 Å². The Kier molecular flexibility index (Phi) is 5.13. The van der Waals surface area contributed by atoms with Crippen molar-refractivity contribution in [2.24, 2.45) is 0 Å². The van der Waals surface area contributed by atoms with E-state index in [1.54, 1.807) is 0 Å². The predicted molar refractivity (Wildman–Crippen MR) is 172 cm³/mol. The second kappa shape index (κ2) is 8.96. The van der Waals surface area contributed by atoms with Gasteiger partial charge in [-0.05, 0) is 95.0 Å². The second-order valence-corrected chi connectivity index (χ2v) is 10.8. The summed E-state index contributed by atoms with van der Waals surface area (Å²) in [6.45, 7) is 0. The summed E-state index contributed by atoms with van der Waals surface area (Å²) < 4.78 is 0. The average molecular weight is 497 g/mol. The fraction of sp³-hybridized carbons (Fsp3) is 0.0769. The van der Waals surface area contributed by atoms with E-state index in [0.29, 0.717) is 0 Å².